The summed E-state index contributed by atoms with van der Waals surface area (Å²) in [4.78, 5) is 15.6. The van der Waals surface area contributed by atoms with E-state index in [0.717, 1.165) is 32.5 Å². The smallest absolute Gasteiger partial charge is 0.307 e. The lowest BCUT2D eigenvalue weighted by atomic mass is 9.99. The van der Waals surface area contributed by atoms with E-state index in [1.165, 1.54) is 23.2 Å². The van der Waals surface area contributed by atoms with Gasteiger partial charge in [-0.3, -0.25) is 9.69 Å². The fraction of sp³-hybridized carbons (Fsp3) is 0.562. The topological polar surface area (TPSA) is 43.8 Å². The van der Waals surface area contributed by atoms with Crippen LogP contribution in [0.4, 0.5) is 5.69 Å². The molecule has 1 N–H and O–H groups in total. The number of rotatable bonds is 3. The van der Waals surface area contributed by atoms with Crippen LogP contribution in [0, 0.1) is 5.92 Å². The minimum atomic E-state index is -0.653. The third-order valence-corrected chi connectivity index (χ3v) is 4.52. The summed E-state index contributed by atoms with van der Waals surface area (Å²) in [6, 6.07) is 6.71. The number of carboxylic acids is 1. The number of aryl methyl sites for hydroxylation is 1. The van der Waals surface area contributed by atoms with Crippen LogP contribution in [0.3, 0.4) is 0 Å². The molecule has 4 heteroatoms. The standard InChI is InChI=1S/C16H22N2O2/c1-17-7-2-3-13-9-12(4-5-15(13)17)10-18-8-6-14(11-18)16(19)20/h4-5,9,14H,2-3,6-8,10-11H2,1H3,(H,19,20). The lowest BCUT2D eigenvalue weighted by molar-refractivity contribution is -0.141. The van der Waals surface area contributed by atoms with Gasteiger partial charge < -0.3 is 10.0 Å². The van der Waals surface area contributed by atoms with Crippen molar-refractivity contribution in [3.8, 4) is 0 Å². The molecule has 1 unspecified atom stereocenters. The van der Waals surface area contributed by atoms with Gasteiger partial charge in [0, 0.05) is 32.4 Å². The number of likely N-dealkylation sites (tertiary alicyclic amines) is 1. The Labute approximate surface area is 120 Å². The second-order valence-corrected chi connectivity index (χ2v) is 6.05. The van der Waals surface area contributed by atoms with Crippen molar-refractivity contribution in [3.63, 3.8) is 0 Å². The van der Waals surface area contributed by atoms with Crippen LogP contribution in [-0.4, -0.2) is 42.7 Å². The summed E-state index contributed by atoms with van der Waals surface area (Å²) in [5, 5.41) is 9.05. The van der Waals surface area contributed by atoms with Gasteiger partial charge in [0.15, 0.2) is 0 Å². The monoisotopic (exact) mass is 274 g/mol. The number of anilines is 1. The molecule has 20 heavy (non-hydrogen) atoms. The molecule has 0 aromatic heterocycles. The number of fused-ring (bicyclic) bond motifs is 1. The Balaban J connectivity index is 1.68. The number of carboxylic acid groups (broad SMARTS) is 1. The minimum Gasteiger partial charge on any atom is -0.481 e. The molecule has 2 aliphatic rings. The van der Waals surface area contributed by atoms with Crippen molar-refractivity contribution in [3.05, 3.63) is 29.3 Å². The molecule has 2 aliphatic heterocycles. The summed E-state index contributed by atoms with van der Waals surface area (Å²) in [6.45, 7) is 3.60. The Morgan fingerprint density at radius 1 is 1.40 bits per heavy atom. The van der Waals surface area contributed by atoms with Gasteiger partial charge in [-0.05, 0) is 43.0 Å². The van der Waals surface area contributed by atoms with Crippen molar-refractivity contribution in [1.82, 2.24) is 4.90 Å². The van der Waals surface area contributed by atoms with Gasteiger partial charge in [0.2, 0.25) is 0 Å². The zero-order valence-corrected chi connectivity index (χ0v) is 12.0. The highest BCUT2D eigenvalue weighted by Gasteiger charge is 2.27. The predicted molar refractivity (Wildman–Crippen MR) is 79.1 cm³/mol. The maximum atomic E-state index is 11.0. The molecule has 1 aromatic carbocycles. The molecule has 1 aromatic rings. The molecule has 1 atom stereocenters. The summed E-state index contributed by atoms with van der Waals surface area (Å²) < 4.78 is 0. The Kier molecular flexibility index (Phi) is 3.66. The average Bonchev–Trinajstić information content (AvgIpc) is 2.88. The third kappa shape index (κ3) is 2.66. The minimum absolute atomic E-state index is 0.182. The van der Waals surface area contributed by atoms with E-state index in [2.05, 4.69) is 35.0 Å². The molecule has 1 saturated heterocycles. The summed E-state index contributed by atoms with van der Waals surface area (Å²) in [5.74, 6) is -0.835. The zero-order valence-electron chi connectivity index (χ0n) is 12.0. The molecular formula is C16H22N2O2. The first-order valence-electron chi connectivity index (χ1n) is 7.41. The van der Waals surface area contributed by atoms with Crippen LogP contribution in [0.25, 0.3) is 0 Å². The summed E-state index contributed by atoms with van der Waals surface area (Å²) >= 11 is 0. The van der Waals surface area contributed by atoms with E-state index in [0.29, 0.717) is 6.54 Å². The van der Waals surface area contributed by atoms with E-state index in [4.69, 9.17) is 5.11 Å². The molecule has 3 rings (SSSR count). The van der Waals surface area contributed by atoms with Crippen LogP contribution in [0.2, 0.25) is 0 Å². The number of aliphatic carboxylic acids is 1. The van der Waals surface area contributed by atoms with Gasteiger partial charge in [0.1, 0.15) is 0 Å². The Morgan fingerprint density at radius 2 is 2.25 bits per heavy atom. The summed E-state index contributed by atoms with van der Waals surface area (Å²) in [7, 11) is 2.15. The van der Waals surface area contributed by atoms with Crippen LogP contribution in [0.5, 0.6) is 0 Å². The van der Waals surface area contributed by atoms with E-state index in [9.17, 15) is 4.79 Å². The quantitative estimate of drug-likeness (QED) is 0.915. The fourth-order valence-corrected chi connectivity index (χ4v) is 3.37. The van der Waals surface area contributed by atoms with Gasteiger partial charge in [-0.15, -0.1) is 0 Å². The van der Waals surface area contributed by atoms with Crippen molar-refractivity contribution < 1.29 is 9.90 Å². The van der Waals surface area contributed by atoms with E-state index in [1.807, 2.05) is 0 Å². The van der Waals surface area contributed by atoms with Gasteiger partial charge in [-0.1, -0.05) is 12.1 Å². The molecule has 1 fully saturated rings. The predicted octanol–water partition coefficient (Wildman–Crippen LogP) is 1.98. The van der Waals surface area contributed by atoms with Gasteiger partial charge in [0.25, 0.3) is 0 Å². The van der Waals surface area contributed by atoms with E-state index >= 15 is 0 Å². The van der Waals surface area contributed by atoms with Crippen molar-refractivity contribution in [2.24, 2.45) is 5.92 Å². The molecule has 4 nitrogen and oxygen atoms in total. The molecule has 0 spiro atoms. The van der Waals surface area contributed by atoms with Gasteiger partial charge >= 0.3 is 5.97 Å². The van der Waals surface area contributed by atoms with E-state index in [-0.39, 0.29) is 5.92 Å². The lowest BCUT2D eigenvalue weighted by Crippen LogP contribution is -2.25. The number of hydrogen-bond donors (Lipinski definition) is 1. The number of hydrogen-bond acceptors (Lipinski definition) is 3. The largest absolute Gasteiger partial charge is 0.481 e. The highest BCUT2D eigenvalue weighted by Crippen LogP contribution is 2.28. The molecular weight excluding hydrogens is 252 g/mol. The highest BCUT2D eigenvalue weighted by molar-refractivity contribution is 5.70. The summed E-state index contributed by atoms with van der Waals surface area (Å²) in [5.41, 5.74) is 4.10. The van der Waals surface area contributed by atoms with E-state index < -0.39 is 5.97 Å². The van der Waals surface area contributed by atoms with Crippen molar-refractivity contribution in [1.29, 1.82) is 0 Å². The lowest BCUT2D eigenvalue weighted by Gasteiger charge is -2.28. The molecule has 0 amide bonds. The molecule has 0 saturated carbocycles. The van der Waals surface area contributed by atoms with Crippen LogP contribution in [-0.2, 0) is 17.8 Å². The first-order chi connectivity index (χ1) is 9.63. The molecule has 108 valence electrons. The Hall–Kier alpha value is -1.55. The second-order valence-electron chi connectivity index (χ2n) is 6.05. The van der Waals surface area contributed by atoms with Crippen molar-refractivity contribution in [2.75, 3.05) is 31.6 Å². The Morgan fingerprint density at radius 3 is 3.00 bits per heavy atom. The number of nitrogens with zero attached hydrogens (tertiary/aromatic N) is 2. The number of benzene rings is 1. The fourth-order valence-electron chi connectivity index (χ4n) is 3.37. The SMILES string of the molecule is CN1CCCc2cc(CN3CCC(C(=O)O)C3)ccc21. The average molecular weight is 274 g/mol. The van der Waals surface area contributed by atoms with Crippen LogP contribution in [0.15, 0.2) is 18.2 Å². The first kappa shape index (κ1) is 13.4. The normalized spacial score (nSPS) is 22.9. The third-order valence-electron chi connectivity index (χ3n) is 4.52. The van der Waals surface area contributed by atoms with Crippen LogP contribution < -0.4 is 4.90 Å². The van der Waals surface area contributed by atoms with Crippen LogP contribution >= 0.6 is 0 Å². The maximum Gasteiger partial charge on any atom is 0.307 e. The van der Waals surface area contributed by atoms with Gasteiger partial charge in [-0.2, -0.15) is 0 Å². The first-order valence-corrected chi connectivity index (χ1v) is 7.41. The Bertz CT molecular complexity index is 515. The zero-order chi connectivity index (χ0) is 14.1. The van der Waals surface area contributed by atoms with Gasteiger partial charge in [-0.25, -0.2) is 0 Å². The highest BCUT2D eigenvalue weighted by atomic mass is 16.4. The molecule has 0 aliphatic carbocycles. The molecule has 0 radical (unpaired) electrons. The summed E-state index contributed by atoms with van der Waals surface area (Å²) in [6.07, 6.45) is 3.16. The van der Waals surface area contributed by atoms with Crippen LogP contribution in [0.1, 0.15) is 24.0 Å². The van der Waals surface area contributed by atoms with E-state index in [1.54, 1.807) is 0 Å². The molecule has 2 heterocycles. The van der Waals surface area contributed by atoms with Crippen molar-refractivity contribution >= 4 is 11.7 Å². The van der Waals surface area contributed by atoms with Crippen molar-refractivity contribution in [2.45, 2.75) is 25.8 Å². The van der Waals surface area contributed by atoms with Gasteiger partial charge in [0.05, 0.1) is 5.92 Å². The number of carbonyl (C=O) groups is 1. The second kappa shape index (κ2) is 5.44. The maximum absolute atomic E-state index is 11.0. The molecule has 0 bridgehead atoms.